The molecule has 0 radical (unpaired) electrons. The van der Waals surface area contributed by atoms with Crippen molar-refractivity contribution in [3.63, 3.8) is 0 Å². The number of rotatable bonds is 9. The summed E-state index contributed by atoms with van der Waals surface area (Å²) in [5.41, 5.74) is -0.175. The average Bonchev–Trinajstić information content (AvgIpc) is 2.71. The van der Waals surface area contributed by atoms with E-state index in [1.54, 1.807) is 0 Å². The molecule has 0 aromatic heterocycles. The zero-order chi connectivity index (χ0) is 23.1. The van der Waals surface area contributed by atoms with Crippen molar-refractivity contribution >= 4 is 46.5 Å². The molecule has 0 unspecified atom stereocenters. The number of nitrogens with one attached hydrogen (secondary N) is 1. The Hall–Kier alpha value is -3.04. The topological polar surface area (TPSA) is 117 Å². The minimum absolute atomic E-state index is 0.0216. The van der Waals surface area contributed by atoms with Crippen LogP contribution in [0, 0.1) is 16.0 Å². The number of halogens is 2. The second-order valence-electron chi connectivity index (χ2n) is 6.74. The van der Waals surface area contributed by atoms with Crippen LogP contribution in [0.2, 0.25) is 10.0 Å². The maximum Gasteiger partial charge on any atom is 0.338 e. The lowest BCUT2D eigenvalue weighted by molar-refractivity contribution is -0.384. The lowest BCUT2D eigenvalue weighted by Gasteiger charge is -2.15. The number of benzene rings is 2. The number of non-ortho nitro benzene ring substituents is 1. The van der Waals surface area contributed by atoms with Crippen molar-refractivity contribution in [2.75, 3.05) is 25.6 Å². The number of carbonyl (C=O) groups excluding carboxylic acids is 2. The van der Waals surface area contributed by atoms with Crippen LogP contribution < -0.4 is 14.8 Å². The lowest BCUT2D eigenvalue weighted by atomic mass is 10.2. The number of ether oxygens (including phenoxy) is 3. The molecule has 0 aliphatic carbocycles. The summed E-state index contributed by atoms with van der Waals surface area (Å²) >= 11 is 12.1. The monoisotopic (exact) mass is 470 g/mol. The molecular formula is C20H20Cl2N2O7. The minimum atomic E-state index is -0.823. The van der Waals surface area contributed by atoms with Gasteiger partial charge in [0.05, 0.1) is 39.9 Å². The zero-order valence-corrected chi connectivity index (χ0v) is 18.5. The van der Waals surface area contributed by atoms with Gasteiger partial charge in [-0.15, -0.1) is 0 Å². The Morgan fingerprint density at radius 2 is 1.87 bits per heavy atom. The van der Waals surface area contributed by atoms with Crippen LogP contribution in [-0.2, 0) is 9.53 Å². The second-order valence-corrected chi connectivity index (χ2v) is 7.55. The molecule has 2 aromatic rings. The van der Waals surface area contributed by atoms with Crippen LogP contribution in [0.3, 0.4) is 0 Å². The summed E-state index contributed by atoms with van der Waals surface area (Å²) in [6, 6.07) is 6.31. The average molecular weight is 471 g/mol. The van der Waals surface area contributed by atoms with Gasteiger partial charge in [-0.2, -0.15) is 0 Å². The van der Waals surface area contributed by atoms with Gasteiger partial charge < -0.3 is 19.5 Å². The molecule has 9 nitrogen and oxygen atoms in total. The third kappa shape index (κ3) is 6.73. The standard InChI is InChI=1S/C20H20Cl2N2O7/c1-11(2)9-30-19-15(22)6-12(7-17(19)29-3)20(26)31-10-18(25)23-16-8-13(24(27)28)4-5-14(16)21/h4-8,11H,9-10H2,1-3H3,(H,23,25). The molecule has 0 saturated carbocycles. The van der Waals surface area contributed by atoms with Crippen LogP contribution in [0.15, 0.2) is 30.3 Å². The molecule has 2 aromatic carbocycles. The summed E-state index contributed by atoms with van der Waals surface area (Å²) in [4.78, 5) is 34.6. The first-order chi connectivity index (χ1) is 14.6. The van der Waals surface area contributed by atoms with Gasteiger partial charge in [-0.05, 0) is 24.1 Å². The SMILES string of the molecule is COc1cc(C(=O)OCC(=O)Nc2cc([N+](=O)[O-])ccc2Cl)cc(Cl)c1OCC(C)C. The Balaban J connectivity index is 2.05. The zero-order valence-electron chi connectivity index (χ0n) is 16.9. The number of methoxy groups -OCH3 is 1. The van der Waals surface area contributed by atoms with Crippen molar-refractivity contribution in [2.24, 2.45) is 5.92 Å². The van der Waals surface area contributed by atoms with Crippen molar-refractivity contribution in [1.82, 2.24) is 0 Å². The van der Waals surface area contributed by atoms with Crippen molar-refractivity contribution in [3.8, 4) is 11.5 Å². The van der Waals surface area contributed by atoms with E-state index in [0.29, 0.717) is 12.4 Å². The highest BCUT2D eigenvalue weighted by molar-refractivity contribution is 6.34. The van der Waals surface area contributed by atoms with Gasteiger partial charge in [0.2, 0.25) is 0 Å². The van der Waals surface area contributed by atoms with Gasteiger partial charge in [0.1, 0.15) is 0 Å². The van der Waals surface area contributed by atoms with Crippen LogP contribution in [-0.4, -0.2) is 37.1 Å². The quantitative estimate of drug-likeness (QED) is 0.319. The van der Waals surface area contributed by atoms with Crippen LogP contribution >= 0.6 is 23.2 Å². The van der Waals surface area contributed by atoms with E-state index < -0.39 is 23.4 Å². The molecule has 1 N–H and O–H groups in total. The van der Waals surface area contributed by atoms with Crippen molar-refractivity contribution in [1.29, 1.82) is 0 Å². The molecule has 0 fully saturated rings. The number of esters is 1. The third-order valence-electron chi connectivity index (χ3n) is 3.80. The molecule has 0 atom stereocenters. The van der Waals surface area contributed by atoms with Crippen LogP contribution in [0.4, 0.5) is 11.4 Å². The maximum absolute atomic E-state index is 12.3. The summed E-state index contributed by atoms with van der Waals surface area (Å²) < 4.78 is 15.8. The summed E-state index contributed by atoms with van der Waals surface area (Å²) in [5, 5.41) is 13.5. The van der Waals surface area contributed by atoms with Crippen molar-refractivity contribution in [2.45, 2.75) is 13.8 Å². The van der Waals surface area contributed by atoms with Gasteiger partial charge in [-0.25, -0.2) is 4.79 Å². The summed E-state index contributed by atoms with van der Waals surface area (Å²) in [7, 11) is 1.40. The van der Waals surface area contributed by atoms with Crippen LogP contribution in [0.25, 0.3) is 0 Å². The van der Waals surface area contributed by atoms with Crippen molar-refractivity contribution < 1.29 is 28.7 Å². The number of nitro groups is 1. The molecule has 0 aliphatic rings. The number of anilines is 1. The normalized spacial score (nSPS) is 10.5. The first-order valence-corrected chi connectivity index (χ1v) is 9.79. The highest BCUT2D eigenvalue weighted by Crippen LogP contribution is 2.37. The molecule has 2 rings (SSSR count). The van der Waals surface area contributed by atoms with Gasteiger partial charge in [0.15, 0.2) is 18.1 Å². The fourth-order valence-corrected chi connectivity index (χ4v) is 2.78. The van der Waals surface area contributed by atoms with Crippen LogP contribution in [0.1, 0.15) is 24.2 Å². The lowest BCUT2D eigenvalue weighted by Crippen LogP contribution is -2.21. The Bertz CT molecular complexity index is 996. The fourth-order valence-electron chi connectivity index (χ4n) is 2.35. The smallest absolute Gasteiger partial charge is 0.338 e. The molecule has 31 heavy (non-hydrogen) atoms. The largest absolute Gasteiger partial charge is 0.493 e. The summed E-state index contributed by atoms with van der Waals surface area (Å²) in [6.45, 7) is 3.69. The Kier molecular flexibility index (Phi) is 8.47. The highest BCUT2D eigenvalue weighted by atomic mass is 35.5. The Morgan fingerprint density at radius 1 is 1.16 bits per heavy atom. The predicted molar refractivity (Wildman–Crippen MR) is 115 cm³/mol. The molecule has 0 spiro atoms. The number of carbonyl (C=O) groups is 2. The molecular weight excluding hydrogens is 451 g/mol. The number of nitro benzene ring substituents is 1. The molecule has 1 amide bonds. The van der Waals surface area contributed by atoms with Gasteiger partial charge in [-0.3, -0.25) is 14.9 Å². The molecule has 0 heterocycles. The minimum Gasteiger partial charge on any atom is -0.493 e. The maximum atomic E-state index is 12.3. The highest BCUT2D eigenvalue weighted by Gasteiger charge is 2.19. The molecule has 11 heteroatoms. The molecule has 0 bridgehead atoms. The fraction of sp³-hybridized carbons (Fsp3) is 0.300. The molecule has 0 saturated heterocycles. The number of hydrogen-bond acceptors (Lipinski definition) is 7. The van der Waals surface area contributed by atoms with Crippen molar-refractivity contribution in [3.05, 3.63) is 56.1 Å². The van der Waals surface area contributed by atoms with E-state index in [1.165, 1.54) is 31.4 Å². The number of hydrogen-bond donors (Lipinski definition) is 1. The van der Waals surface area contributed by atoms with Crippen LogP contribution in [0.5, 0.6) is 11.5 Å². The van der Waals surface area contributed by atoms with E-state index in [2.05, 4.69) is 5.32 Å². The van der Waals surface area contributed by atoms with Gasteiger partial charge in [0, 0.05) is 12.1 Å². The number of nitrogens with zero attached hydrogens (tertiary/aromatic N) is 1. The van der Waals surface area contributed by atoms with Gasteiger partial charge >= 0.3 is 5.97 Å². The van der Waals surface area contributed by atoms with E-state index in [4.69, 9.17) is 37.4 Å². The summed E-state index contributed by atoms with van der Waals surface area (Å²) in [5.74, 6) is -0.759. The first-order valence-electron chi connectivity index (χ1n) is 9.03. The Labute approximate surface area is 188 Å². The van der Waals surface area contributed by atoms with Gasteiger partial charge in [-0.1, -0.05) is 37.0 Å². The summed E-state index contributed by atoms with van der Waals surface area (Å²) in [6.07, 6.45) is 0. The van der Waals surface area contributed by atoms with E-state index in [9.17, 15) is 19.7 Å². The Morgan fingerprint density at radius 3 is 2.48 bits per heavy atom. The van der Waals surface area contributed by atoms with E-state index in [-0.39, 0.29) is 38.7 Å². The van der Waals surface area contributed by atoms with E-state index >= 15 is 0 Å². The first kappa shape index (κ1) is 24.2. The third-order valence-corrected chi connectivity index (χ3v) is 4.41. The predicted octanol–water partition coefficient (Wildman–Crippen LogP) is 4.74. The molecule has 166 valence electrons. The van der Waals surface area contributed by atoms with E-state index in [1.807, 2.05) is 13.8 Å². The number of amides is 1. The molecule has 0 aliphatic heterocycles. The second kappa shape index (κ2) is 10.8. The van der Waals surface area contributed by atoms with Gasteiger partial charge in [0.25, 0.3) is 11.6 Å². The van der Waals surface area contributed by atoms with E-state index in [0.717, 1.165) is 6.07 Å².